The highest BCUT2D eigenvalue weighted by Gasteiger charge is 2.19. The average molecular weight is 245 g/mol. The van der Waals surface area contributed by atoms with Gasteiger partial charge < -0.3 is 21.1 Å². The van der Waals surface area contributed by atoms with E-state index in [1.54, 1.807) is 24.3 Å². The number of nitrogens with two attached hydrogens (primary N) is 1. The molecule has 5 N–H and O–H groups in total. The van der Waals surface area contributed by atoms with E-state index in [0.29, 0.717) is 11.1 Å². The van der Waals surface area contributed by atoms with Crippen molar-refractivity contribution in [3.63, 3.8) is 0 Å². The van der Waals surface area contributed by atoms with Crippen LogP contribution < -0.4 is 5.73 Å². The minimum absolute atomic E-state index is 0.0784. The molecule has 18 heavy (non-hydrogen) atoms. The molecule has 4 nitrogen and oxygen atoms in total. The Hall–Kier alpha value is -2.04. The summed E-state index contributed by atoms with van der Waals surface area (Å²) in [6.07, 6.45) is -0.945. The first-order chi connectivity index (χ1) is 8.58. The van der Waals surface area contributed by atoms with Crippen molar-refractivity contribution >= 4 is 0 Å². The second-order valence-electron chi connectivity index (χ2n) is 4.16. The van der Waals surface area contributed by atoms with Crippen LogP contribution in [0.15, 0.2) is 48.5 Å². The van der Waals surface area contributed by atoms with Gasteiger partial charge in [0, 0.05) is 0 Å². The average Bonchev–Trinajstić information content (AvgIpc) is 2.37. The van der Waals surface area contributed by atoms with E-state index >= 15 is 0 Å². The summed E-state index contributed by atoms with van der Waals surface area (Å²) in [6, 6.07) is 12.1. The van der Waals surface area contributed by atoms with Crippen molar-refractivity contribution in [1.29, 1.82) is 0 Å². The Morgan fingerprint density at radius 3 is 1.89 bits per heavy atom. The van der Waals surface area contributed by atoms with Crippen molar-refractivity contribution in [3.8, 4) is 11.5 Å². The molecule has 0 spiro atoms. The van der Waals surface area contributed by atoms with Gasteiger partial charge in [-0.2, -0.15) is 0 Å². The predicted molar refractivity (Wildman–Crippen MR) is 68.1 cm³/mol. The summed E-state index contributed by atoms with van der Waals surface area (Å²) >= 11 is 0. The molecule has 0 amide bonds. The van der Waals surface area contributed by atoms with E-state index in [2.05, 4.69) is 0 Å². The number of phenolic OH excluding ortho intramolecular Hbond substituents is 2. The molecule has 0 heterocycles. The van der Waals surface area contributed by atoms with Crippen LogP contribution in [0, 0.1) is 0 Å². The van der Waals surface area contributed by atoms with Crippen LogP contribution in [-0.2, 0) is 0 Å². The Bertz CT molecular complexity index is 493. The van der Waals surface area contributed by atoms with Gasteiger partial charge in [0.05, 0.1) is 12.1 Å². The van der Waals surface area contributed by atoms with Gasteiger partial charge in [0.25, 0.3) is 0 Å². The van der Waals surface area contributed by atoms with Crippen molar-refractivity contribution in [3.05, 3.63) is 59.7 Å². The third-order valence-corrected chi connectivity index (χ3v) is 2.81. The van der Waals surface area contributed by atoms with Crippen LogP contribution in [0.3, 0.4) is 0 Å². The molecular weight excluding hydrogens is 230 g/mol. The van der Waals surface area contributed by atoms with Crippen molar-refractivity contribution in [2.24, 2.45) is 5.73 Å². The SMILES string of the molecule is NC(c1cccc(O)c1)C(O)c1cccc(O)c1. The molecule has 2 atom stereocenters. The minimum Gasteiger partial charge on any atom is -0.508 e. The number of hydrogen-bond donors (Lipinski definition) is 4. The minimum atomic E-state index is -0.945. The van der Waals surface area contributed by atoms with Gasteiger partial charge in [0.2, 0.25) is 0 Å². The number of aromatic hydroxyl groups is 2. The summed E-state index contributed by atoms with van der Waals surface area (Å²) in [6.45, 7) is 0. The molecule has 2 unspecified atom stereocenters. The van der Waals surface area contributed by atoms with Gasteiger partial charge in [0.15, 0.2) is 0 Å². The number of aliphatic hydroxyl groups is 1. The fraction of sp³-hybridized carbons (Fsp3) is 0.143. The summed E-state index contributed by atoms with van der Waals surface area (Å²) in [5, 5.41) is 28.9. The molecule has 0 saturated heterocycles. The third-order valence-electron chi connectivity index (χ3n) is 2.81. The fourth-order valence-electron chi connectivity index (χ4n) is 1.83. The lowest BCUT2D eigenvalue weighted by Gasteiger charge is -2.19. The van der Waals surface area contributed by atoms with E-state index in [4.69, 9.17) is 5.73 Å². The maximum Gasteiger partial charge on any atom is 0.115 e. The zero-order valence-electron chi connectivity index (χ0n) is 9.69. The van der Waals surface area contributed by atoms with Crippen LogP contribution >= 0.6 is 0 Å². The molecular formula is C14H15NO3. The van der Waals surface area contributed by atoms with Gasteiger partial charge in [0.1, 0.15) is 11.5 Å². The first-order valence-corrected chi connectivity index (χ1v) is 5.59. The predicted octanol–water partition coefficient (Wildman–Crippen LogP) is 1.83. The Kier molecular flexibility index (Phi) is 3.50. The van der Waals surface area contributed by atoms with Gasteiger partial charge in [-0.3, -0.25) is 0 Å². The number of aliphatic hydroxyl groups excluding tert-OH is 1. The van der Waals surface area contributed by atoms with Crippen molar-refractivity contribution in [2.75, 3.05) is 0 Å². The second-order valence-corrected chi connectivity index (χ2v) is 4.16. The lowest BCUT2D eigenvalue weighted by Crippen LogP contribution is -2.19. The fourth-order valence-corrected chi connectivity index (χ4v) is 1.83. The molecule has 4 heteroatoms. The Morgan fingerprint density at radius 2 is 1.33 bits per heavy atom. The molecule has 2 aromatic rings. The topological polar surface area (TPSA) is 86.7 Å². The molecule has 0 bridgehead atoms. The number of hydrogen-bond acceptors (Lipinski definition) is 4. The number of phenols is 2. The second kappa shape index (κ2) is 5.08. The van der Waals surface area contributed by atoms with E-state index in [0.717, 1.165) is 0 Å². The van der Waals surface area contributed by atoms with Crippen LogP contribution in [-0.4, -0.2) is 15.3 Å². The molecule has 0 aliphatic heterocycles. The zero-order valence-corrected chi connectivity index (χ0v) is 9.69. The highest BCUT2D eigenvalue weighted by molar-refractivity contribution is 5.34. The van der Waals surface area contributed by atoms with Crippen LogP contribution in [0.5, 0.6) is 11.5 Å². The van der Waals surface area contributed by atoms with E-state index in [1.807, 2.05) is 0 Å². The van der Waals surface area contributed by atoms with Gasteiger partial charge in [-0.15, -0.1) is 0 Å². The molecule has 2 rings (SSSR count). The molecule has 0 aliphatic rings. The maximum atomic E-state index is 10.1. The normalized spacial score (nSPS) is 14.1. The lowest BCUT2D eigenvalue weighted by atomic mass is 9.96. The number of benzene rings is 2. The molecule has 94 valence electrons. The monoisotopic (exact) mass is 245 g/mol. The summed E-state index contributed by atoms with van der Waals surface area (Å²) < 4.78 is 0. The molecule has 0 fully saturated rings. The largest absolute Gasteiger partial charge is 0.508 e. The molecule has 0 aromatic heterocycles. The van der Waals surface area contributed by atoms with Crippen molar-refractivity contribution < 1.29 is 15.3 Å². The van der Waals surface area contributed by atoms with Gasteiger partial charge in [-0.1, -0.05) is 24.3 Å². The summed E-state index contributed by atoms with van der Waals surface area (Å²) in [5.74, 6) is 0.181. The molecule has 0 saturated carbocycles. The summed E-state index contributed by atoms with van der Waals surface area (Å²) in [5.41, 5.74) is 7.11. The molecule has 0 aliphatic carbocycles. The summed E-state index contributed by atoms with van der Waals surface area (Å²) in [7, 11) is 0. The van der Waals surface area contributed by atoms with Gasteiger partial charge in [-0.05, 0) is 35.4 Å². The van der Waals surface area contributed by atoms with Crippen molar-refractivity contribution in [2.45, 2.75) is 12.1 Å². The maximum absolute atomic E-state index is 10.1. The molecule has 0 radical (unpaired) electrons. The standard InChI is InChI=1S/C14H15NO3/c15-13(9-3-1-5-11(16)7-9)14(18)10-4-2-6-12(17)8-10/h1-8,13-14,16-18H,15H2. The number of rotatable bonds is 3. The quantitative estimate of drug-likeness (QED) is 0.664. The first-order valence-electron chi connectivity index (χ1n) is 5.59. The summed E-state index contributed by atoms with van der Waals surface area (Å²) in [4.78, 5) is 0. The van der Waals surface area contributed by atoms with E-state index in [1.165, 1.54) is 24.3 Å². The van der Waals surface area contributed by atoms with Crippen LogP contribution in [0.1, 0.15) is 23.3 Å². The highest BCUT2D eigenvalue weighted by Crippen LogP contribution is 2.29. The van der Waals surface area contributed by atoms with Gasteiger partial charge >= 0.3 is 0 Å². The van der Waals surface area contributed by atoms with E-state index in [9.17, 15) is 15.3 Å². The van der Waals surface area contributed by atoms with Crippen molar-refractivity contribution in [1.82, 2.24) is 0 Å². The Morgan fingerprint density at radius 1 is 0.833 bits per heavy atom. The van der Waals surface area contributed by atoms with Crippen LogP contribution in [0.2, 0.25) is 0 Å². The van der Waals surface area contributed by atoms with Crippen LogP contribution in [0.25, 0.3) is 0 Å². The Balaban J connectivity index is 2.26. The molecule has 2 aromatic carbocycles. The third kappa shape index (κ3) is 2.61. The van der Waals surface area contributed by atoms with E-state index < -0.39 is 12.1 Å². The lowest BCUT2D eigenvalue weighted by molar-refractivity contribution is 0.146. The van der Waals surface area contributed by atoms with Gasteiger partial charge in [-0.25, -0.2) is 0 Å². The Labute approximate surface area is 105 Å². The highest BCUT2D eigenvalue weighted by atomic mass is 16.3. The first kappa shape index (κ1) is 12.4. The van der Waals surface area contributed by atoms with E-state index in [-0.39, 0.29) is 11.5 Å². The zero-order chi connectivity index (χ0) is 13.1. The smallest absolute Gasteiger partial charge is 0.115 e. The van der Waals surface area contributed by atoms with Crippen LogP contribution in [0.4, 0.5) is 0 Å².